The van der Waals surface area contributed by atoms with Crippen LogP contribution in [0.15, 0.2) is 48.8 Å². The van der Waals surface area contributed by atoms with Crippen LogP contribution in [0.4, 0.5) is 11.5 Å². The summed E-state index contributed by atoms with van der Waals surface area (Å²) in [6, 6.07) is 14.2. The fourth-order valence-electron chi connectivity index (χ4n) is 2.72. The highest BCUT2D eigenvalue weighted by Gasteiger charge is 2.12. The molecule has 0 aliphatic carbocycles. The van der Waals surface area contributed by atoms with Gasteiger partial charge in [0.15, 0.2) is 5.82 Å². The van der Waals surface area contributed by atoms with Gasteiger partial charge in [0.2, 0.25) is 5.65 Å². The lowest BCUT2D eigenvalue weighted by molar-refractivity contribution is 1.11. The van der Waals surface area contributed by atoms with Crippen LogP contribution in [-0.2, 0) is 0 Å². The molecule has 22 heavy (non-hydrogen) atoms. The fourth-order valence-corrected chi connectivity index (χ4v) is 2.72. The molecule has 108 valence electrons. The van der Waals surface area contributed by atoms with Crippen molar-refractivity contribution in [1.29, 1.82) is 0 Å². The number of nitrogens with one attached hydrogen (secondary N) is 1. The molecule has 0 amide bonds. The number of anilines is 2. The van der Waals surface area contributed by atoms with E-state index in [0.717, 1.165) is 22.4 Å². The Kier molecular flexibility index (Phi) is 2.79. The zero-order valence-electron chi connectivity index (χ0n) is 12.4. The summed E-state index contributed by atoms with van der Waals surface area (Å²) < 4.78 is 1.96. The van der Waals surface area contributed by atoms with Crippen molar-refractivity contribution in [1.82, 2.24) is 19.6 Å². The molecule has 0 saturated heterocycles. The normalized spacial score (nSPS) is 11.2. The molecule has 0 aliphatic rings. The second-order valence-corrected chi connectivity index (χ2v) is 5.37. The molecule has 0 atom stereocenters. The minimum Gasteiger partial charge on any atom is -0.337 e. The van der Waals surface area contributed by atoms with Crippen LogP contribution in [0.2, 0.25) is 0 Å². The second kappa shape index (κ2) is 4.80. The van der Waals surface area contributed by atoms with Gasteiger partial charge in [0.1, 0.15) is 6.33 Å². The van der Waals surface area contributed by atoms with E-state index in [1.807, 2.05) is 28.7 Å². The van der Waals surface area contributed by atoms with Gasteiger partial charge in [-0.25, -0.2) is 4.98 Å². The minimum atomic E-state index is 0.716. The van der Waals surface area contributed by atoms with E-state index >= 15 is 0 Å². The number of aryl methyl sites for hydroxylation is 2. The predicted octanol–water partition coefficient (Wildman–Crippen LogP) is 3.64. The molecule has 2 heterocycles. The summed E-state index contributed by atoms with van der Waals surface area (Å²) in [5, 5.41) is 11.7. The van der Waals surface area contributed by atoms with E-state index in [-0.39, 0.29) is 0 Å². The quantitative estimate of drug-likeness (QED) is 0.612. The third kappa shape index (κ3) is 1.90. The van der Waals surface area contributed by atoms with E-state index in [2.05, 4.69) is 47.6 Å². The van der Waals surface area contributed by atoms with E-state index in [1.54, 1.807) is 6.33 Å². The van der Waals surface area contributed by atoms with Gasteiger partial charge >= 0.3 is 0 Å². The Balaban J connectivity index is 1.96. The molecule has 0 spiro atoms. The molecule has 0 fully saturated rings. The lowest BCUT2D eigenvalue weighted by Gasteiger charge is -2.13. The van der Waals surface area contributed by atoms with Crippen LogP contribution in [0.3, 0.4) is 0 Å². The highest BCUT2D eigenvalue weighted by Crippen LogP contribution is 2.27. The minimum absolute atomic E-state index is 0.716. The molecule has 5 nitrogen and oxygen atoms in total. The second-order valence-electron chi connectivity index (χ2n) is 5.37. The first-order chi connectivity index (χ1) is 10.7. The first kappa shape index (κ1) is 12.8. The molecule has 0 radical (unpaired) electrons. The maximum absolute atomic E-state index is 4.72. The zero-order chi connectivity index (χ0) is 15.1. The largest absolute Gasteiger partial charge is 0.337 e. The van der Waals surface area contributed by atoms with E-state index < -0.39 is 0 Å². The summed E-state index contributed by atoms with van der Waals surface area (Å²) in [5.74, 6) is 0.716. The van der Waals surface area contributed by atoms with Crippen LogP contribution < -0.4 is 5.32 Å². The number of aromatic nitrogens is 4. The van der Waals surface area contributed by atoms with Crippen LogP contribution in [0, 0.1) is 13.8 Å². The van der Waals surface area contributed by atoms with Crippen molar-refractivity contribution in [2.75, 3.05) is 5.32 Å². The van der Waals surface area contributed by atoms with Gasteiger partial charge in [-0.1, -0.05) is 30.3 Å². The van der Waals surface area contributed by atoms with Crippen molar-refractivity contribution >= 4 is 28.2 Å². The van der Waals surface area contributed by atoms with E-state index in [4.69, 9.17) is 4.98 Å². The zero-order valence-corrected chi connectivity index (χ0v) is 12.4. The van der Waals surface area contributed by atoms with Gasteiger partial charge < -0.3 is 5.32 Å². The van der Waals surface area contributed by atoms with Gasteiger partial charge in [-0.3, -0.25) is 4.40 Å². The van der Waals surface area contributed by atoms with Gasteiger partial charge in [-0.2, -0.15) is 0 Å². The van der Waals surface area contributed by atoms with Crippen molar-refractivity contribution in [3.05, 3.63) is 59.9 Å². The highest BCUT2D eigenvalue weighted by atomic mass is 15.3. The lowest BCUT2D eigenvalue weighted by Crippen LogP contribution is -2.02. The van der Waals surface area contributed by atoms with Crippen molar-refractivity contribution in [3.63, 3.8) is 0 Å². The Morgan fingerprint density at radius 2 is 1.73 bits per heavy atom. The number of hydrogen-bond acceptors (Lipinski definition) is 4. The molecule has 4 aromatic rings. The topological polar surface area (TPSA) is 55.1 Å². The average molecular weight is 289 g/mol. The number of benzene rings is 2. The van der Waals surface area contributed by atoms with Gasteiger partial charge in [-0.05, 0) is 37.1 Å². The third-order valence-corrected chi connectivity index (χ3v) is 3.86. The molecule has 0 unspecified atom stereocenters. The van der Waals surface area contributed by atoms with Crippen molar-refractivity contribution in [3.8, 4) is 0 Å². The summed E-state index contributed by atoms with van der Waals surface area (Å²) >= 11 is 0. The average Bonchev–Trinajstić information content (AvgIpc) is 3.01. The first-order valence-corrected chi connectivity index (χ1v) is 7.16. The van der Waals surface area contributed by atoms with Crippen molar-refractivity contribution in [2.24, 2.45) is 0 Å². The first-order valence-electron chi connectivity index (χ1n) is 7.16. The molecule has 2 aromatic carbocycles. The summed E-state index contributed by atoms with van der Waals surface area (Å²) in [6.07, 6.45) is 1.72. The summed E-state index contributed by atoms with van der Waals surface area (Å²) in [6.45, 7) is 4.16. The van der Waals surface area contributed by atoms with Gasteiger partial charge in [0.05, 0.1) is 11.0 Å². The molecular weight excluding hydrogens is 274 g/mol. The van der Waals surface area contributed by atoms with Gasteiger partial charge in [0.25, 0.3) is 0 Å². The summed E-state index contributed by atoms with van der Waals surface area (Å²) in [5.41, 5.74) is 6.04. The Morgan fingerprint density at radius 1 is 0.955 bits per heavy atom. The van der Waals surface area contributed by atoms with E-state index in [1.165, 1.54) is 11.1 Å². The maximum atomic E-state index is 4.72. The summed E-state index contributed by atoms with van der Waals surface area (Å²) in [4.78, 5) is 4.72. The monoisotopic (exact) mass is 289 g/mol. The molecule has 0 aliphatic heterocycles. The molecular formula is C17H15N5. The number of hydrogen-bond donors (Lipinski definition) is 1. The van der Waals surface area contributed by atoms with Crippen LogP contribution in [0.5, 0.6) is 0 Å². The molecule has 1 N–H and O–H groups in total. The number of fused-ring (bicyclic) bond motifs is 3. The van der Waals surface area contributed by atoms with Crippen molar-refractivity contribution < 1.29 is 0 Å². The number of para-hydroxylation sites is 3. The van der Waals surface area contributed by atoms with Gasteiger partial charge in [0, 0.05) is 5.69 Å². The lowest BCUT2D eigenvalue weighted by atomic mass is 10.1. The predicted molar refractivity (Wildman–Crippen MR) is 87.5 cm³/mol. The Hall–Kier alpha value is -2.95. The smallest absolute Gasteiger partial charge is 0.204 e. The number of nitrogens with zero attached hydrogens (tertiary/aromatic N) is 4. The Morgan fingerprint density at radius 3 is 2.55 bits per heavy atom. The molecule has 4 rings (SSSR count). The SMILES string of the molecule is Cc1cccc(C)c1Nc1nc2ccccc2n2cnnc12. The molecule has 0 saturated carbocycles. The molecule has 5 heteroatoms. The molecule has 2 aromatic heterocycles. The van der Waals surface area contributed by atoms with E-state index in [9.17, 15) is 0 Å². The molecule has 0 bridgehead atoms. The van der Waals surface area contributed by atoms with Crippen LogP contribution in [0.25, 0.3) is 16.7 Å². The van der Waals surface area contributed by atoms with Crippen LogP contribution in [-0.4, -0.2) is 19.6 Å². The van der Waals surface area contributed by atoms with Crippen LogP contribution >= 0.6 is 0 Å². The maximum Gasteiger partial charge on any atom is 0.204 e. The summed E-state index contributed by atoms with van der Waals surface area (Å²) in [7, 11) is 0. The van der Waals surface area contributed by atoms with Crippen molar-refractivity contribution in [2.45, 2.75) is 13.8 Å². The van der Waals surface area contributed by atoms with Gasteiger partial charge in [-0.15, -0.1) is 10.2 Å². The van der Waals surface area contributed by atoms with E-state index in [0.29, 0.717) is 5.82 Å². The highest BCUT2D eigenvalue weighted by molar-refractivity contribution is 5.84. The standard InChI is InChI=1S/C17H15N5/c1-11-6-5-7-12(2)15(11)20-16-17-21-18-10-22(17)14-9-4-3-8-13(14)19-16/h3-10H,1-2H3,(H,19,20). The fraction of sp³-hybridized carbons (Fsp3) is 0.118. The Labute approximate surface area is 127 Å². The third-order valence-electron chi connectivity index (χ3n) is 3.86. The Bertz CT molecular complexity index is 967. The number of rotatable bonds is 2. The van der Waals surface area contributed by atoms with Crippen LogP contribution in [0.1, 0.15) is 11.1 Å².